The van der Waals surface area contributed by atoms with Crippen molar-refractivity contribution in [2.45, 2.75) is 52.9 Å². The second-order valence-electron chi connectivity index (χ2n) is 4.19. The van der Waals surface area contributed by atoms with Crippen LogP contribution in [0.4, 0.5) is 0 Å². The van der Waals surface area contributed by atoms with Gasteiger partial charge in [-0.2, -0.15) is 13.8 Å². The number of morpholine rings is 1. The molecule has 0 bridgehead atoms. The molecule has 0 saturated carbocycles. The van der Waals surface area contributed by atoms with Crippen LogP contribution in [0.15, 0.2) is 0 Å². The maximum absolute atomic E-state index is 5.51. The van der Waals surface area contributed by atoms with E-state index in [1.807, 2.05) is 20.3 Å². The van der Waals surface area contributed by atoms with Gasteiger partial charge in [0.25, 0.3) is 0 Å². The van der Waals surface area contributed by atoms with Crippen LogP contribution in [0.3, 0.4) is 0 Å². The number of nitrogens with zero attached hydrogens (tertiary/aromatic N) is 1. The molecule has 1 rings (SSSR count). The van der Waals surface area contributed by atoms with Crippen molar-refractivity contribution in [3.05, 3.63) is 13.3 Å². The molecule has 1 heterocycles. The summed E-state index contributed by atoms with van der Waals surface area (Å²) in [4.78, 5) is 2.41. The fourth-order valence-corrected chi connectivity index (χ4v) is 1.50. The van der Waals surface area contributed by atoms with Gasteiger partial charge < -0.3 is 18.1 Å². The molecule has 2 nitrogen and oxygen atoms in total. The van der Waals surface area contributed by atoms with E-state index in [0.717, 1.165) is 13.1 Å². The van der Waals surface area contributed by atoms with Crippen LogP contribution in [0.25, 0.3) is 0 Å². The minimum Gasteiger partial charge on any atom is -0.405 e. The third kappa shape index (κ3) is 8.42. The third-order valence-electron chi connectivity index (χ3n) is 2.08. The van der Waals surface area contributed by atoms with Crippen molar-refractivity contribution in [1.82, 2.24) is 4.90 Å². The average molecular weight is 383 g/mol. The van der Waals surface area contributed by atoms with E-state index in [1.165, 1.54) is 0 Å². The van der Waals surface area contributed by atoms with Crippen molar-refractivity contribution in [3.63, 3.8) is 0 Å². The summed E-state index contributed by atoms with van der Waals surface area (Å²) >= 11 is 0. The summed E-state index contributed by atoms with van der Waals surface area (Å²) in [5, 5.41) is 0. The van der Waals surface area contributed by atoms with E-state index in [2.05, 4.69) is 32.6 Å². The largest absolute Gasteiger partial charge is 2.00 e. The summed E-state index contributed by atoms with van der Waals surface area (Å²) in [5.41, 5.74) is 0. The van der Waals surface area contributed by atoms with Crippen LogP contribution >= 0.6 is 0 Å². The van der Waals surface area contributed by atoms with Crippen molar-refractivity contribution >= 4 is 0 Å². The quantitative estimate of drug-likeness (QED) is 0.646. The Kier molecular flexibility index (Phi) is 11.8. The minimum atomic E-state index is 0. The third-order valence-corrected chi connectivity index (χ3v) is 2.08. The van der Waals surface area contributed by atoms with Crippen molar-refractivity contribution in [1.29, 1.82) is 0 Å². The van der Waals surface area contributed by atoms with Gasteiger partial charge in [-0.3, -0.25) is 4.90 Å². The second-order valence-corrected chi connectivity index (χ2v) is 4.19. The van der Waals surface area contributed by atoms with Gasteiger partial charge in [0.15, 0.2) is 0 Å². The SMILES string of the molecule is C[CH-]C.[CH2-]C1CN(C(C)C)CC(C)O1.[W+2]. The summed E-state index contributed by atoms with van der Waals surface area (Å²) < 4.78 is 5.51. The topological polar surface area (TPSA) is 12.5 Å². The molecule has 1 aliphatic heterocycles. The Morgan fingerprint density at radius 3 is 2.13 bits per heavy atom. The number of hydrogen-bond donors (Lipinski definition) is 0. The molecule has 0 N–H and O–H groups in total. The normalized spacial score (nSPS) is 26.6. The average Bonchev–Trinajstić information content (AvgIpc) is 2.03. The molecule has 1 saturated heterocycles. The van der Waals surface area contributed by atoms with Gasteiger partial charge in [0.1, 0.15) is 0 Å². The van der Waals surface area contributed by atoms with Crippen molar-refractivity contribution in [3.8, 4) is 0 Å². The Morgan fingerprint density at radius 2 is 1.80 bits per heavy atom. The first-order valence-corrected chi connectivity index (χ1v) is 5.47. The maximum atomic E-state index is 5.51. The van der Waals surface area contributed by atoms with Gasteiger partial charge in [0.2, 0.25) is 0 Å². The van der Waals surface area contributed by atoms with E-state index in [4.69, 9.17) is 4.74 Å². The van der Waals surface area contributed by atoms with Gasteiger partial charge >= 0.3 is 21.1 Å². The van der Waals surface area contributed by atoms with Gasteiger partial charge in [-0.15, -0.1) is 0 Å². The molecule has 2 unspecified atom stereocenters. The minimum absolute atomic E-state index is 0. The fourth-order valence-electron chi connectivity index (χ4n) is 1.50. The molecule has 0 spiro atoms. The molecule has 0 aliphatic carbocycles. The van der Waals surface area contributed by atoms with E-state index in [-0.39, 0.29) is 27.2 Å². The van der Waals surface area contributed by atoms with Crippen molar-refractivity contribution in [2.24, 2.45) is 0 Å². The maximum Gasteiger partial charge on any atom is 2.00 e. The Morgan fingerprint density at radius 1 is 1.33 bits per heavy atom. The zero-order valence-corrected chi connectivity index (χ0v) is 13.6. The van der Waals surface area contributed by atoms with Crippen LogP contribution in [0.2, 0.25) is 0 Å². The molecule has 0 amide bonds. The Labute approximate surface area is 110 Å². The van der Waals surface area contributed by atoms with Crippen LogP contribution in [0.5, 0.6) is 0 Å². The monoisotopic (exact) mass is 383 g/mol. The zero-order chi connectivity index (χ0) is 11.1. The van der Waals surface area contributed by atoms with Crippen LogP contribution in [-0.2, 0) is 25.8 Å². The van der Waals surface area contributed by atoms with E-state index in [0.29, 0.717) is 12.1 Å². The van der Waals surface area contributed by atoms with Crippen LogP contribution in [-0.4, -0.2) is 36.2 Å². The molecule has 90 valence electrons. The smallest absolute Gasteiger partial charge is 0.405 e. The summed E-state index contributed by atoms with van der Waals surface area (Å²) in [6, 6.07) is 0.616. The van der Waals surface area contributed by atoms with Crippen molar-refractivity contribution < 1.29 is 25.8 Å². The number of hydrogen-bond acceptors (Lipinski definition) is 2. The van der Waals surface area contributed by atoms with Gasteiger partial charge in [0, 0.05) is 12.6 Å². The Balaban J connectivity index is 0. The van der Waals surface area contributed by atoms with E-state index in [9.17, 15) is 0 Å². The molecule has 0 aromatic rings. The summed E-state index contributed by atoms with van der Waals surface area (Å²) in [7, 11) is 0. The zero-order valence-electron chi connectivity index (χ0n) is 10.7. The first-order chi connectivity index (χ1) is 6.51. The Hall–Kier alpha value is 0.608. The molecule has 1 fully saturated rings. The fraction of sp³-hybridized carbons (Fsp3) is 0.833. The van der Waals surface area contributed by atoms with Crippen LogP contribution < -0.4 is 0 Å². The first kappa shape index (κ1) is 18.0. The van der Waals surface area contributed by atoms with E-state index in [1.54, 1.807) is 0 Å². The molecular formula is C12H25NOW. The molecule has 2 atom stereocenters. The van der Waals surface area contributed by atoms with Crippen molar-refractivity contribution in [2.75, 3.05) is 13.1 Å². The molecule has 0 aromatic heterocycles. The van der Waals surface area contributed by atoms with Gasteiger partial charge in [-0.05, 0) is 27.3 Å². The van der Waals surface area contributed by atoms with Crippen LogP contribution in [0.1, 0.15) is 34.6 Å². The molecule has 0 radical (unpaired) electrons. The number of rotatable bonds is 1. The van der Waals surface area contributed by atoms with Gasteiger partial charge in [0.05, 0.1) is 6.10 Å². The Bertz CT molecular complexity index is 132. The second kappa shape index (κ2) is 9.81. The predicted molar refractivity (Wildman–Crippen MR) is 62.0 cm³/mol. The summed E-state index contributed by atoms with van der Waals surface area (Å²) in [6.07, 6.45) is 2.50. The van der Waals surface area contributed by atoms with Gasteiger partial charge in [-0.1, -0.05) is 6.10 Å². The summed E-state index contributed by atoms with van der Waals surface area (Å²) in [6.45, 7) is 16.5. The number of ether oxygens (including phenoxy) is 1. The molecule has 1 aliphatic rings. The van der Waals surface area contributed by atoms with E-state index < -0.39 is 0 Å². The molecule has 3 heteroatoms. The molecule has 0 aromatic carbocycles. The first-order valence-electron chi connectivity index (χ1n) is 5.47. The predicted octanol–water partition coefficient (Wildman–Crippen LogP) is 2.55. The molecular weight excluding hydrogens is 358 g/mol. The standard InChI is InChI=1S/C9H18NO.C3H7.W/c1-7(2)10-5-8(3)11-9(4)6-10;1-3-2;/h7-9H,3,5-6H2,1-2,4H3;3H,1-2H3;/q2*-1;+2. The van der Waals surface area contributed by atoms with E-state index >= 15 is 0 Å². The van der Waals surface area contributed by atoms with Gasteiger partial charge in [-0.25, -0.2) is 0 Å². The van der Waals surface area contributed by atoms with Crippen LogP contribution in [0, 0.1) is 13.3 Å². The summed E-state index contributed by atoms with van der Waals surface area (Å²) in [5.74, 6) is 0. The molecule has 15 heavy (non-hydrogen) atoms.